The maximum Gasteiger partial charge on any atom is 0.240 e. The van der Waals surface area contributed by atoms with E-state index in [4.69, 9.17) is 0 Å². The molecule has 0 aliphatic carbocycles. The monoisotopic (exact) mass is 531 g/mol. The van der Waals surface area contributed by atoms with Crippen LogP contribution in [0.5, 0.6) is 0 Å². The van der Waals surface area contributed by atoms with Crippen LogP contribution < -0.4 is 10.0 Å². The van der Waals surface area contributed by atoms with E-state index in [1.807, 2.05) is 43.3 Å². The van der Waals surface area contributed by atoms with E-state index in [0.29, 0.717) is 13.1 Å². The van der Waals surface area contributed by atoms with Gasteiger partial charge in [0.15, 0.2) is 0 Å². The van der Waals surface area contributed by atoms with E-state index in [1.165, 1.54) is 0 Å². The molecule has 0 fully saturated rings. The van der Waals surface area contributed by atoms with E-state index in [0.717, 1.165) is 20.8 Å². The Morgan fingerprint density at radius 3 is 2.53 bits per heavy atom. The van der Waals surface area contributed by atoms with Crippen LogP contribution in [0.3, 0.4) is 0 Å². The zero-order chi connectivity index (χ0) is 20.0. The van der Waals surface area contributed by atoms with Gasteiger partial charge in [-0.05, 0) is 48.2 Å². The maximum atomic E-state index is 12.6. The number of nitrogens with zero attached hydrogens (tertiary/aromatic N) is 1. The molecule has 0 saturated heterocycles. The fourth-order valence-corrected chi connectivity index (χ4v) is 4.30. The summed E-state index contributed by atoms with van der Waals surface area (Å²) < 4.78 is 29.0. The lowest BCUT2D eigenvalue weighted by Crippen LogP contribution is -2.39. The molecule has 162 valence electrons. The quantitative estimate of drug-likeness (QED) is 0.408. The van der Waals surface area contributed by atoms with Crippen LogP contribution in [0.1, 0.15) is 12.5 Å². The Balaban J connectivity index is 0.00000225. The predicted molar refractivity (Wildman–Crippen MR) is 132 cm³/mol. The fraction of sp³-hybridized carbons (Fsp3) is 0.190. The molecule has 2 N–H and O–H groups in total. The minimum Gasteiger partial charge on any atom is -0.312 e. The summed E-state index contributed by atoms with van der Waals surface area (Å²) in [6.45, 7) is 3.03. The van der Waals surface area contributed by atoms with Crippen molar-refractivity contribution in [2.24, 2.45) is 0 Å². The summed E-state index contributed by atoms with van der Waals surface area (Å²) in [7, 11) is -3.57. The summed E-state index contributed by atoms with van der Waals surface area (Å²) in [4.78, 5) is 4.30. The van der Waals surface area contributed by atoms with Crippen molar-refractivity contribution in [3.63, 3.8) is 0 Å². The summed E-state index contributed by atoms with van der Waals surface area (Å²) in [5.74, 6) is 0. The van der Waals surface area contributed by atoms with Gasteiger partial charge < -0.3 is 5.32 Å². The molecule has 0 saturated carbocycles. The Hall–Kier alpha value is -1.48. The van der Waals surface area contributed by atoms with Crippen molar-refractivity contribution in [1.82, 2.24) is 15.0 Å². The SMILES string of the molecule is C[C@H](CNC/C=C/c1ccc(Br)cc1)NS(=O)(=O)c1ccc2cnccc2c1.Cl.Cl. The Morgan fingerprint density at radius 1 is 1.07 bits per heavy atom. The number of hydrogen-bond donors (Lipinski definition) is 2. The van der Waals surface area contributed by atoms with Gasteiger partial charge in [-0.2, -0.15) is 0 Å². The molecule has 1 atom stereocenters. The van der Waals surface area contributed by atoms with Crippen molar-refractivity contribution < 1.29 is 8.42 Å². The molecular formula is C21H24BrCl2N3O2S. The minimum absolute atomic E-state index is 0. The highest BCUT2D eigenvalue weighted by molar-refractivity contribution is 9.10. The highest BCUT2D eigenvalue weighted by Gasteiger charge is 2.17. The van der Waals surface area contributed by atoms with Crippen LogP contribution in [0.4, 0.5) is 0 Å². The maximum absolute atomic E-state index is 12.6. The molecule has 0 aliphatic rings. The van der Waals surface area contributed by atoms with E-state index >= 15 is 0 Å². The molecule has 1 aromatic heterocycles. The lowest BCUT2D eigenvalue weighted by atomic mass is 10.2. The van der Waals surface area contributed by atoms with E-state index in [2.05, 4.69) is 31.0 Å². The molecular weight excluding hydrogens is 509 g/mol. The largest absolute Gasteiger partial charge is 0.312 e. The molecule has 30 heavy (non-hydrogen) atoms. The first-order chi connectivity index (χ1) is 13.4. The average Bonchev–Trinajstić information content (AvgIpc) is 2.68. The van der Waals surface area contributed by atoms with Gasteiger partial charge in [-0.1, -0.05) is 46.3 Å². The van der Waals surface area contributed by atoms with Gasteiger partial charge in [-0.3, -0.25) is 4.98 Å². The molecule has 3 aromatic rings. The van der Waals surface area contributed by atoms with Crippen molar-refractivity contribution in [2.75, 3.05) is 13.1 Å². The predicted octanol–water partition coefficient (Wildman–Crippen LogP) is 4.81. The summed E-state index contributed by atoms with van der Waals surface area (Å²) in [6.07, 6.45) is 7.41. The molecule has 0 spiro atoms. The number of nitrogens with one attached hydrogen (secondary N) is 2. The normalized spacial score (nSPS) is 12.3. The first-order valence-electron chi connectivity index (χ1n) is 8.93. The molecule has 5 nitrogen and oxygen atoms in total. The van der Waals surface area contributed by atoms with Crippen LogP contribution in [0.15, 0.2) is 76.4 Å². The van der Waals surface area contributed by atoms with Gasteiger partial charge in [0.25, 0.3) is 0 Å². The number of benzene rings is 2. The van der Waals surface area contributed by atoms with Crippen LogP contribution in [-0.2, 0) is 10.0 Å². The molecule has 3 rings (SSSR count). The van der Waals surface area contributed by atoms with Crippen LogP contribution >= 0.6 is 40.7 Å². The molecule has 0 bridgehead atoms. The molecule has 9 heteroatoms. The zero-order valence-corrected chi connectivity index (χ0v) is 20.3. The second kappa shape index (κ2) is 12.4. The van der Waals surface area contributed by atoms with E-state index in [1.54, 1.807) is 36.7 Å². The van der Waals surface area contributed by atoms with Gasteiger partial charge in [-0.25, -0.2) is 13.1 Å². The van der Waals surface area contributed by atoms with Gasteiger partial charge in [-0.15, -0.1) is 24.8 Å². The second-order valence-corrected chi connectivity index (χ2v) is 9.15. The Labute approximate surface area is 198 Å². The van der Waals surface area contributed by atoms with Crippen LogP contribution in [0, 0.1) is 0 Å². The Bertz CT molecular complexity index is 1080. The number of hydrogen-bond acceptors (Lipinski definition) is 4. The van der Waals surface area contributed by atoms with Gasteiger partial charge >= 0.3 is 0 Å². The summed E-state index contributed by atoms with van der Waals surface area (Å²) >= 11 is 3.41. The highest BCUT2D eigenvalue weighted by Crippen LogP contribution is 2.18. The standard InChI is InChI=1S/C21H22BrN3O2S.2ClH/c1-16(14-23-11-2-3-17-4-7-20(22)8-5-17)25-28(26,27)21-9-6-19-15-24-12-10-18(19)13-21;;/h2-10,12-13,15-16,23,25H,11,14H2,1H3;2*1H/b3-2+;;/t16-;;/m1../s1. The van der Waals surface area contributed by atoms with E-state index in [-0.39, 0.29) is 35.8 Å². The summed E-state index contributed by atoms with van der Waals surface area (Å²) in [6, 6.07) is 14.6. The van der Waals surface area contributed by atoms with Gasteiger partial charge in [0.1, 0.15) is 0 Å². The first kappa shape index (κ1) is 26.6. The van der Waals surface area contributed by atoms with Gasteiger partial charge in [0, 0.05) is 41.4 Å². The molecule has 1 heterocycles. The van der Waals surface area contributed by atoms with Gasteiger partial charge in [0.05, 0.1) is 4.90 Å². The smallest absolute Gasteiger partial charge is 0.240 e. The van der Waals surface area contributed by atoms with E-state index < -0.39 is 10.0 Å². The number of pyridine rings is 1. The number of fused-ring (bicyclic) bond motifs is 1. The molecule has 2 aromatic carbocycles. The van der Waals surface area contributed by atoms with Crippen molar-refractivity contribution in [3.05, 3.63) is 77.0 Å². The number of rotatable bonds is 8. The molecule has 0 radical (unpaired) electrons. The zero-order valence-electron chi connectivity index (χ0n) is 16.3. The fourth-order valence-electron chi connectivity index (χ4n) is 2.76. The first-order valence-corrected chi connectivity index (χ1v) is 11.2. The average molecular weight is 533 g/mol. The van der Waals surface area contributed by atoms with Crippen LogP contribution in [-0.4, -0.2) is 32.5 Å². The van der Waals surface area contributed by atoms with Crippen LogP contribution in [0.25, 0.3) is 16.8 Å². The van der Waals surface area contributed by atoms with Crippen molar-refractivity contribution >= 4 is 67.6 Å². The van der Waals surface area contributed by atoms with Crippen molar-refractivity contribution in [3.8, 4) is 0 Å². The lowest BCUT2D eigenvalue weighted by Gasteiger charge is -2.15. The molecule has 0 aliphatic heterocycles. The second-order valence-electron chi connectivity index (χ2n) is 6.52. The molecule has 0 amide bonds. The lowest BCUT2D eigenvalue weighted by molar-refractivity contribution is 0.545. The third-order valence-corrected chi connectivity index (χ3v) is 6.29. The minimum atomic E-state index is -3.57. The number of halogens is 3. The number of sulfonamides is 1. The third kappa shape index (κ3) is 7.65. The summed E-state index contributed by atoms with van der Waals surface area (Å²) in [5, 5.41) is 5.00. The highest BCUT2D eigenvalue weighted by atomic mass is 79.9. The third-order valence-electron chi connectivity index (χ3n) is 4.17. The molecule has 0 unspecified atom stereocenters. The number of aromatic nitrogens is 1. The van der Waals surface area contributed by atoms with Crippen LogP contribution in [0.2, 0.25) is 0 Å². The summed E-state index contributed by atoms with van der Waals surface area (Å²) in [5.41, 5.74) is 1.12. The Kier molecular flexibility index (Phi) is 11.0. The topological polar surface area (TPSA) is 71.1 Å². The van der Waals surface area contributed by atoms with Crippen molar-refractivity contribution in [1.29, 1.82) is 0 Å². The van der Waals surface area contributed by atoms with E-state index in [9.17, 15) is 8.42 Å². The Morgan fingerprint density at radius 2 is 1.80 bits per heavy atom. The van der Waals surface area contributed by atoms with Gasteiger partial charge in [0.2, 0.25) is 10.0 Å². The van der Waals surface area contributed by atoms with Crippen molar-refractivity contribution in [2.45, 2.75) is 17.9 Å².